The number of aryl methyl sites for hydroxylation is 3. The fraction of sp³-hybridized carbons (Fsp3) is 0.406. The van der Waals surface area contributed by atoms with Crippen LogP contribution in [-0.2, 0) is 11.2 Å². The number of hydrogen-bond acceptors (Lipinski definition) is 8. The minimum Gasteiger partial charge on any atom is -0.478 e. The number of aliphatic hydroxyl groups is 1. The number of aromatic nitrogens is 1. The summed E-state index contributed by atoms with van der Waals surface area (Å²) in [6, 6.07) is 15.2. The van der Waals surface area contributed by atoms with Gasteiger partial charge in [-0.05, 0) is 94.2 Å². The van der Waals surface area contributed by atoms with Crippen molar-refractivity contribution in [3.05, 3.63) is 82.7 Å². The van der Waals surface area contributed by atoms with E-state index in [0.717, 1.165) is 27.3 Å². The van der Waals surface area contributed by atoms with Crippen LogP contribution in [0.25, 0.3) is 0 Å². The van der Waals surface area contributed by atoms with Gasteiger partial charge in [0.05, 0.1) is 6.20 Å². The Morgan fingerprint density at radius 1 is 1.07 bits per heavy atom. The lowest BCUT2D eigenvalue weighted by Crippen LogP contribution is -2.38. The van der Waals surface area contributed by atoms with Gasteiger partial charge in [-0.2, -0.15) is 0 Å². The van der Waals surface area contributed by atoms with Crippen molar-refractivity contribution < 1.29 is 29.3 Å². The number of thioether (sulfide) groups is 1. The normalized spacial score (nSPS) is 18.2. The maximum atomic E-state index is 13.8. The first-order chi connectivity index (χ1) is 19.4. The Hall–Kier alpha value is -3.40. The molecule has 41 heavy (non-hydrogen) atoms. The van der Waals surface area contributed by atoms with Gasteiger partial charge in [-0.1, -0.05) is 24.3 Å². The van der Waals surface area contributed by atoms with Crippen molar-refractivity contribution >= 4 is 23.5 Å². The van der Waals surface area contributed by atoms with E-state index in [0.29, 0.717) is 36.6 Å². The van der Waals surface area contributed by atoms with E-state index in [2.05, 4.69) is 4.98 Å². The zero-order valence-corrected chi connectivity index (χ0v) is 25.2. The van der Waals surface area contributed by atoms with Crippen LogP contribution in [-0.4, -0.2) is 63.2 Å². The zero-order valence-electron chi connectivity index (χ0n) is 24.4. The lowest BCUT2D eigenvalue weighted by Gasteiger charge is -2.25. The van der Waals surface area contributed by atoms with E-state index in [4.69, 9.17) is 9.47 Å². The van der Waals surface area contributed by atoms with Crippen molar-refractivity contribution in [2.75, 3.05) is 19.3 Å². The summed E-state index contributed by atoms with van der Waals surface area (Å²) in [6.07, 6.45) is 2.94. The average molecular weight is 579 g/mol. The van der Waals surface area contributed by atoms with Crippen LogP contribution in [0.5, 0.6) is 11.5 Å². The number of ketones is 1. The summed E-state index contributed by atoms with van der Waals surface area (Å²) >= 11 is 1.62. The predicted molar refractivity (Wildman–Crippen MR) is 159 cm³/mol. The van der Waals surface area contributed by atoms with Crippen LogP contribution < -0.4 is 9.47 Å². The van der Waals surface area contributed by atoms with Crippen molar-refractivity contribution in [2.45, 2.75) is 58.0 Å². The quantitative estimate of drug-likeness (QED) is 0.178. The number of rotatable bonds is 11. The highest BCUT2D eigenvalue weighted by atomic mass is 32.2. The molecule has 1 saturated heterocycles. The highest BCUT2D eigenvalue weighted by Crippen LogP contribution is 2.34. The third kappa shape index (κ3) is 7.28. The molecule has 1 aromatic heterocycles. The van der Waals surface area contributed by atoms with E-state index < -0.39 is 18.0 Å². The van der Waals surface area contributed by atoms with Gasteiger partial charge in [-0.3, -0.25) is 9.78 Å². The predicted octanol–water partition coefficient (Wildman–Crippen LogP) is 5.30. The standard InChI is InChI=1S/C32H38N2O6S/c1-19-13-22(14-20(2)29(19)40-32(4,5)30(36)37)15-24-17-34(31(38)39-25-10-7-21(3)33-16-25)18-27(24)28(35)23-8-11-26(41-6)12-9-23/h7-14,16,24,27,31,38H,15,17-18H2,1-6H3,(H,36,37)/t24-,27-,31?/m0/s1. The van der Waals surface area contributed by atoms with Crippen LogP contribution >= 0.6 is 11.8 Å². The first-order valence-corrected chi connectivity index (χ1v) is 14.8. The van der Waals surface area contributed by atoms with E-state index in [1.807, 2.05) is 69.5 Å². The average Bonchev–Trinajstić information content (AvgIpc) is 3.35. The number of likely N-dealkylation sites (tertiary alicyclic amines) is 1. The van der Waals surface area contributed by atoms with Gasteiger partial charge in [-0.25, -0.2) is 9.69 Å². The molecule has 3 atom stereocenters. The third-order valence-electron chi connectivity index (χ3n) is 7.51. The van der Waals surface area contributed by atoms with Crippen LogP contribution in [0, 0.1) is 32.6 Å². The topological polar surface area (TPSA) is 109 Å². The van der Waals surface area contributed by atoms with Gasteiger partial charge in [0, 0.05) is 35.2 Å². The maximum Gasteiger partial charge on any atom is 0.347 e. The Balaban J connectivity index is 1.58. The second kappa shape index (κ2) is 12.6. The molecular weight excluding hydrogens is 540 g/mol. The number of carboxylic acid groups (broad SMARTS) is 1. The van der Waals surface area contributed by atoms with E-state index >= 15 is 0 Å². The summed E-state index contributed by atoms with van der Waals surface area (Å²) < 4.78 is 11.7. The molecule has 0 amide bonds. The molecule has 8 nitrogen and oxygen atoms in total. The van der Waals surface area contributed by atoms with Crippen LogP contribution in [0.4, 0.5) is 0 Å². The molecule has 0 radical (unpaired) electrons. The molecule has 3 aromatic rings. The van der Waals surface area contributed by atoms with Gasteiger partial charge in [0.15, 0.2) is 11.4 Å². The number of aliphatic carboxylic acids is 1. The summed E-state index contributed by atoms with van der Waals surface area (Å²) in [7, 11) is 0. The van der Waals surface area contributed by atoms with Gasteiger partial charge in [0.2, 0.25) is 0 Å². The SMILES string of the molecule is CSc1ccc(C(=O)[C@H]2CN(C(O)Oc3ccc(C)nc3)C[C@@H]2Cc2cc(C)c(OC(C)(C)C(=O)O)c(C)c2)cc1. The number of nitrogens with zero attached hydrogens (tertiary/aromatic N) is 2. The Bertz CT molecular complexity index is 1370. The minimum absolute atomic E-state index is 0.0333. The number of ether oxygens (including phenoxy) is 2. The molecule has 0 aliphatic carbocycles. The maximum absolute atomic E-state index is 13.8. The minimum atomic E-state index is -1.37. The van der Waals surface area contributed by atoms with Gasteiger partial charge >= 0.3 is 5.97 Å². The van der Waals surface area contributed by atoms with E-state index in [9.17, 15) is 19.8 Å². The first kappa shape index (κ1) is 30.6. The van der Waals surface area contributed by atoms with Crippen LogP contribution in [0.15, 0.2) is 59.6 Å². The summed E-state index contributed by atoms with van der Waals surface area (Å²) in [6.45, 7) is 9.53. The van der Waals surface area contributed by atoms with E-state index in [1.165, 1.54) is 13.8 Å². The smallest absolute Gasteiger partial charge is 0.347 e. The first-order valence-electron chi connectivity index (χ1n) is 13.6. The fourth-order valence-electron chi connectivity index (χ4n) is 5.20. The highest BCUT2D eigenvalue weighted by Gasteiger charge is 2.41. The van der Waals surface area contributed by atoms with Crippen LogP contribution in [0.3, 0.4) is 0 Å². The molecule has 2 aromatic carbocycles. The number of hydrogen-bond donors (Lipinski definition) is 2. The van der Waals surface area contributed by atoms with E-state index in [-0.39, 0.29) is 17.6 Å². The Morgan fingerprint density at radius 2 is 1.73 bits per heavy atom. The number of pyridine rings is 1. The number of aliphatic hydroxyl groups excluding tert-OH is 1. The van der Waals surface area contributed by atoms with Crippen molar-refractivity contribution in [2.24, 2.45) is 11.8 Å². The molecule has 1 fully saturated rings. The number of carbonyl (C=O) groups excluding carboxylic acids is 1. The molecule has 0 saturated carbocycles. The summed E-state index contributed by atoms with van der Waals surface area (Å²) in [5, 5.41) is 20.5. The number of carbonyl (C=O) groups is 2. The molecule has 2 N–H and O–H groups in total. The van der Waals surface area contributed by atoms with Crippen molar-refractivity contribution in [1.82, 2.24) is 9.88 Å². The fourth-order valence-corrected chi connectivity index (χ4v) is 5.61. The van der Waals surface area contributed by atoms with Gasteiger partial charge in [-0.15, -0.1) is 11.8 Å². The Labute approximate surface area is 245 Å². The number of carboxylic acids is 1. The molecule has 1 aliphatic rings. The number of benzene rings is 2. The molecule has 218 valence electrons. The monoisotopic (exact) mass is 578 g/mol. The molecule has 0 spiro atoms. The van der Waals surface area contributed by atoms with Crippen LogP contribution in [0.2, 0.25) is 0 Å². The van der Waals surface area contributed by atoms with Gasteiger partial charge in [0.1, 0.15) is 11.5 Å². The summed E-state index contributed by atoms with van der Waals surface area (Å²) in [5.74, 6) is -0.448. The van der Waals surface area contributed by atoms with Gasteiger partial charge < -0.3 is 19.7 Å². The molecular formula is C32H38N2O6S. The van der Waals surface area contributed by atoms with E-state index in [1.54, 1.807) is 28.9 Å². The molecule has 9 heteroatoms. The third-order valence-corrected chi connectivity index (χ3v) is 8.25. The summed E-state index contributed by atoms with van der Waals surface area (Å²) in [5.41, 5.74) is 2.80. The van der Waals surface area contributed by atoms with Crippen LogP contribution in [0.1, 0.15) is 46.6 Å². The van der Waals surface area contributed by atoms with Crippen molar-refractivity contribution in [1.29, 1.82) is 0 Å². The lowest BCUT2D eigenvalue weighted by molar-refractivity contribution is -0.152. The Morgan fingerprint density at radius 3 is 2.29 bits per heavy atom. The molecule has 1 aliphatic heterocycles. The second-order valence-electron chi connectivity index (χ2n) is 11.2. The largest absolute Gasteiger partial charge is 0.478 e. The molecule has 2 heterocycles. The molecule has 4 rings (SSSR count). The summed E-state index contributed by atoms with van der Waals surface area (Å²) in [4.78, 5) is 32.5. The lowest BCUT2D eigenvalue weighted by atomic mass is 9.84. The molecule has 1 unspecified atom stereocenters. The zero-order chi connectivity index (χ0) is 29.9. The second-order valence-corrected chi connectivity index (χ2v) is 12.1. The van der Waals surface area contributed by atoms with Crippen molar-refractivity contribution in [3.63, 3.8) is 0 Å². The Kier molecular flexibility index (Phi) is 9.41. The molecule has 0 bridgehead atoms. The van der Waals surface area contributed by atoms with Crippen molar-refractivity contribution in [3.8, 4) is 11.5 Å². The highest BCUT2D eigenvalue weighted by molar-refractivity contribution is 7.98. The number of Topliss-reactive ketones (excluding diaryl/α,β-unsaturated/α-hetero) is 1. The van der Waals surface area contributed by atoms with Gasteiger partial charge in [0.25, 0.3) is 6.41 Å².